The fourth-order valence-electron chi connectivity index (χ4n) is 2.35. The Balaban J connectivity index is 1.99. The zero-order chi connectivity index (χ0) is 19.6. The van der Waals surface area contributed by atoms with Crippen LogP contribution < -0.4 is 20.7 Å². The Hall–Kier alpha value is -2.93. The van der Waals surface area contributed by atoms with E-state index in [0.717, 1.165) is 12.8 Å². The van der Waals surface area contributed by atoms with Crippen molar-refractivity contribution in [1.82, 2.24) is 5.32 Å². The lowest BCUT2D eigenvalue weighted by Crippen LogP contribution is -2.34. The predicted octanol–water partition coefficient (Wildman–Crippen LogP) is 3.95. The smallest absolute Gasteiger partial charge is 0.257 e. The van der Waals surface area contributed by atoms with E-state index in [9.17, 15) is 9.59 Å². The number of carbonyl (C=O) groups is 2. The molecule has 0 heterocycles. The summed E-state index contributed by atoms with van der Waals surface area (Å²) in [4.78, 5) is 24.0. The highest BCUT2D eigenvalue weighted by Crippen LogP contribution is 2.28. The van der Waals surface area contributed by atoms with Crippen molar-refractivity contribution in [2.45, 2.75) is 26.2 Å². The summed E-state index contributed by atoms with van der Waals surface area (Å²) in [6.45, 7) is 2.04. The number of unbranched alkanes of at least 4 members (excludes halogenated alkanes) is 1. The molecule has 0 aliphatic carbocycles. The Kier molecular flexibility index (Phi) is 7.76. The molecule has 0 bridgehead atoms. The average Bonchev–Trinajstić information content (AvgIpc) is 2.68. The van der Waals surface area contributed by atoms with E-state index >= 15 is 0 Å². The van der Waals surface area contributed by atoms with Gasteiger partial charge in [0.1, 0.15) is 5.75 Å². The first-order valence-electron chi connectivity index (χ1n) is 8.68. The van der Waals surface area contributed by atoms with Gasteiger partial charge in [-0.1, -0.05) is 31.5 Å². The first-order chi connectivity index (χ1) is 13.0. The molecule has 2 amide bonds. The van der Waals surface area contributed by atoms with Gasteiger partial charge in [-0.3, -0.25) is 14.9 Å². The molecule has 142 valence electrons. The van der Waals surface area contributed by atoms with Crippen molar-refractivity contribution < 1.29 is 14.3 Å². The molecular weight excluding hydrogens is 362 g/mol. The number of rotatable bonds is 7. The molecule has 3 N–H and O–H groups in total. The largest absolute Gasteiger partial charge is 0.494 e. The lowest BCUT2D eigenvalue weighted by molar-refractivity contribution is -0.116. The van der Waals surface area contributed by atoms with E-state index in [0.29, 0.717) is 29.1 Å². The number of anilines is 2. The van der Waals surface area contributed by atoms with Gasteiger partial charge in [-0.15, -0.1) is 0 Å². The third-order valence-electron chi connectivity index (χ3n) is 3.75. The van der Waals surface area contributed by atoms with Crippen molar-refractivity contribution in [3.63, 3.8) is 0 Å². The summed E-state index contributed by atoms with van der Waals surface area (Å²) >= 11 is 5.19. The van der Waals surface area contributed by atoms with E-state index < -0.39 is 0 Å². The summed E-state index contributed by atoms with van der Waals surface area (Å²) in [5.74, 6) is 0.156. The molecule has 27 heavy (non-hydrogen) atoms. The van der Waals surface area contributed by atoms with Crippen LogP contribution in [0.4, 0.5) is 11.4 Å². The quantitative estimate of drug-likeness (QED) is 0.629. The summed E-state index contributed by atoms with van der Waals surface area (Å²) in [7, 11) is 1.52. The van der Waals surface area contributed by atoms with Crippen molar-refractivity contribution in [3.05, 3.63) is 54.1 Å². The predicted molar refractivity (Wildman–Crippen MR) is 111 cm³/mol. The van der Waals surface area contributed by atoms with E-state index in [2.05, 4.69) is 16.0 Å². The second-order valence-electron chi connectivity index (χ2n) is 5.84. The third-order valence-corrected chi connectivity index (χ3v) is 3.96. The minimum Gasteiger partial charge on any atom is -0.494 e. The maximum Gasteiger partial charge on any atom is 0.257 e. The Morgan fingerprint density at radius 3 is 2.48 bits per heavy atom. The number of amides is 2. The Labute approximate surface area is 164 Å². The highest BCUT2D eigenvalue weighted by Gasteiger charge is 2.11. The summed E-state index contributed by atoms with van der Waals surface area (Å²) in [5.41, 5.74) is 1.74. The summed E-state index contributed by atoms with van der Waals surface area (Å²) < 4.78 is 5.34. The second-order valence-corrected chi connectivity index (χ2v) is 6.25. The van der Waals surface area contributed by atoms with Crippen LogP contribution in [0.15, 0.2) is 48.5 Å². The van der Waals surface area contributed by atoms with E-state index in [4.69, 9.17) is 17.0 Å². The van der Waals surface area contributed by atoms with Crippen LogP contribution in [-0.4, -0.2) is 24.0 Å². The fraction of sp³-hybridized carbons (Fsp3) is 0.250. The third kappa shape index (κ3) is 6.38. The van der Waals surface area contributed by atoms with Crippen LogP contribution in [0.2, 0.25) is 0 Å². The number of hydrogen-bond acceptors (Lipinski definition) is 4. The molecule has 0 fully saturated rings. The van der Waals surface area contributed by atoms with E-state index in [-0.39, 0.29) is 16.9 Å². The summed E-state index contributed by atoms with van der Waals surface area (Å²) in [6, 6.07) is 14.0. The van der Waals surface area contributed by atoms with Gasteiger partial charge in [0.15, 0.2) is 5.11 Å². The molecule has 0 saturated carbocycles. The highest BCUT2D eigenvalue weighted by atomic mass is 32.1. The van der Waals surface area contributed by atoms with Gasteiger partial charge in [-0.25, -0.2) is 0 Å². The molecule has 0 aliphatic rings. The van der Waals surface area contributed by atoms with Crippen molar-refractivity contribution in [1.29, 1.82) is 0 Å². The van der Waals surface area contributed by atoms with Gasteiger partial charge in [0.25, 0.3) is 5.91 Å². The number of nitrogens with one attached hydrogen (secondary N) is 3. The van der Waals surface area contributed by atoms with Gasteiger partial charge in [0.2, 0.25) is 5.91 Å². The lowest BCUT2D eigenvalue weighted by atomic mass is 10.2. The number of carbonyl (C=O) groups excluding carboxylic acids is 2. The van der Waals surface area contributed by atoms with Gasteiger partial charge in [0.05, 0.1) is 12.8 Å². The Bertz CT molecular complexity index is 809. The topological polar surface area (TPSA) is 79.5 Å². The Morgan fingerprint density at radius 2 is 1.81 bits per heavy atom. The standard InChI is InChI=1S/C20H23N3O3S/c1-3-4-10-18(24)22-16-12-11-15(13-17(16)26-2)21-20(27)23-19(25)14-8-6-5-7-9-14/h5-9,11-13H,3-4,10H2,1-2H3,(H,22,24)(H2,21,23,25,27). The molecule has 0 aliphatic heterocycles. The Morgan fingerprint density at radius 1 is 1.07 bits per heavy atom. The minimum absolute atomic E-state index is 0.0542. The molecule has 2 aromatic carbocycles. The molecule has 2 rings (SSSR count). The second kappa shape index (κ2) is 10.3. The van der Waals surface area contributed by atoms with E-state index in [1.165, 1.54) is 7.11 Å². The van der Waals surface area contributed by atoms with Crippen LogP contribution >= 0.6 is 12.2 Å². The van der Waals surface area contributed by atoms with Crippen molar-refractivity contribution in [2.24, 2.45) is 0 Å². The first kappa shape index (κ1) is 20.4. The molecule has 2 aromatic rings. The average molecular weight is 385 g/mol. The van der Waals surface area contributed by atoms with Crippen LogP contribution in [0.25, 0.3) is 0 Å². The van der Waals surface area contributed by atoms with Gasteiger partial charge in [-0.2, -0.15) is 0 Å². The van der Waals surface area contributed by atoms with Crippen molar-refractivity contribution >= 4 is 40.5 Å². The molecule has 0 spiro atoms. The van der Waals surface area contributed by atoms with Crippen LogP contribution in [-0.2, 0) is 4.79 Å². The minimum atomic E-state index is -0.292. The van der Waals surface area contributed by atoms with Crippen LogP contribution in [0.5, 0.6) is 5.75 Å². The maximum atomic E-state index is 12.1. The fourth-order valence-corrected chi connectivity index (χ4v) is 2.56. The number of hydrogen-bond donors (Lipinski definition) is 3. The van der Waals surface area contributed by atoms with Crippen molar-refractivity contribution in [3.8, 4) is 5.75 Å². The summed E-state index contributed by atoms with van der Waals surface area (Å²) in [5, 5.41) is 8.57. The number of benzene rings is 2. The molecule has 0 unspecified atom stereocenters. The summed E-state index contributed by atoms with van der Waals surface area (Å²) in [6.07, 6.45) is 2.26. The normalized spacial score (nSPS) is 10.0. The monoisotopic (exact) mass is 385 g/mol. The molecule has 7 heteroatoms. The van der Waals surface area contributed by atoms with Gasteiger partial charge in [0, 0.05) is 23.7 Å². The molecule has 0 atom stereocenters. The van der Waals surface area contributed by atoms with E-state index in [1.807, 2.05) is 13.0 Å². The number of methoxy groups -OCH3 is 1. The molecule has 0 saturated heterocycles. The molecular formula is C20H23N3O3S. The zero-order valence-electron chi connectivity index (χ0n) is 15.4. The van der Waals surface area contributed by atoms with Crippen molar-refractivity contribution in [2.75, 3.05) is 17.7 Å². The van der Waals surface area contributed by atoms with E-state index in [1.54, 1.807) is 42.5 Å². The number of thiocarbonyl (C=S) groups is 1. The lowest BCUT2D eigenvalue weighted by Gasteiger charge is -2.14. The SMILES string of the molecule is CCCCC(=O)Nc1ccc(NC(=S)NC(=O)c2ccccc2)cc1OC. The molecule has 0 aromatic heterocycles. The highest BCUT2D eigenvalue weighted by molar-refractivity contribution is 7.80. The van der Waals surface area contributed by atoms with Gasteiger partial charge >= 0.3 is 0 Å². The first-order valence-corrected chi connectivity index (χ1v) is 9.09. The van der Waals surface area contributed by atoms with Crippen LogP contribution in [0.3, 0.4) is 0 Å². The molecule has 0 radical (unpaired) electrons. The van der Waals surface area contributed by atoms with Gasteiger partial charge in [-0.05, 0) is 42.9 Å². The van der Waals surface area contributed by atoms with Crippen LogP contribution in [0.1, 0.15) is 36.5 Å². The van der Waals surface area contributed by atoms with Crippen LogP contribution in [0, 0.1) is 0 Å². The number of ether oxygens (including phenoxy) is 1. The van der Waals surface area contributed by atoms with Gasteiger partial charge < -0.3 is 15.4 Å². The maximum absolute atomic E-state index is 12.1. The zero-order valence-corrected chi connectivity index (χ0v) is 16.2. The molecule has 6 nitrogen and oxygen atoms in total.